The number of fused-ring (bicyclic) bond motifs is 3. The van der Waals surface area contributed by atoms with Crippen molar-refractivity contribution in [2.75, 3.05) is 4.81 Å². The van der Waals surface area contributed by atoms with Crippen LogP contribution in [0.25, 0.3) is 17.2 Å². The topological polar surface area (TPSA) is 33.2 Å². The molecule has 0 unspecified atom stereocenters. The van der Waals surface area contributed by atoms with Crippen LogP contribution in [0.15, 0.2) is 41.0 Å². The molecule has 4 nitrogen and oxygen atoms in total. The largest absolute Gasteiger partial charge is 0.405 e. The lowest BCUT2D eigenvalue weighted by molar-refractivity contribution is -0.658. The van der Waals surface area contributed by atoms with E-state index in [1.54, 1.807) is 12.4 Å². The van der Waals surface area contributed by atoms with Gasteiger partial charge in [0.2, 0.25) is 5.71 Å². The summed E-state index contributed by atoms with van der Waals surface area (Å²) in [5, 5.41) is 0.967. The molecule has 0 amide bonds. The zero-order valence-electron chi connectivity index (χ0n) is 16.4. The summed E-state index contributed by atoms with van der Waals surface area (Å²) in [5.41, 5.74) is 2.68. The van der Waals surface area contributed by atoms with Crippen molar-refractivity contribution in [2.24, 2.45) is 7.05 Å². The normalized spacial score (nSPS) is 16.2. The lowest BCUT2D eigenvalue weighted by Gasteiger charge is -2.22. The highest BCUT2D eigenvalue weighted by molar-refractivity contribution is 6.69. The molecule has 3 aromatic rings. The van der Waals surface area contributed by atoms with Gasteiger partial charge in [0.1, 0.15) is 0 Å². The smallest absolute Gasteiger partial charge is 0.404 e. The van der Waals surface area contributed by atoms with E-state index in [1.165, 1.54) is 0 Å². The summed E-state index contributed by atoms with van der Waals surface area (Å²) < 4.78 is 31.1. The van der Waals surface area contributed by atoms with Gasteiger partial charge >= 0.3 is 6.85 Å². The van der Waals surface area contributed by atoms with Gasteiger partial charge in [0.25, 0.3) is 11.7 Å². The first-order valence-electron chi connectivity index (χ1n) is 9.13. The average Bonchev–Trinajstić information content (AvgIpc) is 2.94. The Morgan fingerprint density at radius 3 is 3.09 bits per heavy atom. The third-order valence-corrected chi connectivity index (χ3v) is 4.35. The molecular weight excluding hydrogens is 285 g/mol. The molecule has 23 heavy (non-hydrogen) atoms. The van der Waals surface area contributed by atoms with E-state index in [9.17, 15) is 0 Å². The number of aryl methyl sites for hydroxylation is 3. The van der Waals surface area contributed by atoms with Crippen molar-refractivity contribution in [3.05, 3.63) is 53.3 Å². The summed E-state index contributed by atoms with van der Waals surface area (Å²) in [6.45, 7) is 1.83. The number of anilines is 2. The third-order valence-electron chi connectivity index (χ3n) is 4.35. The van der Waals surface area contributed by atoms with Crippen molar-refractivity contribution >= 4 is 35.7 Å². The van der Waals surface area contributed by atoms with E-state index in [2.05, 4.69) is 28.7 Å². The van der Waals surface area contributed by atoms with Crippen molar-refractivity contribution in [2.45, 2.75) is 20.6 Å². The van der Waals surface area contributed by atoms with Crippen LogP contribution in [0, 0.1) is 13.8 Å². The van der Waals surface area contributed by atoms with Crippen molar-refractivity contribution in [3.8, 4) is 0 Å². The molecule has 0 N–H and O–H groups in total. The molecule has 0 aromatic carbocycles. The average molecular weight is 307 g/mol. The van der Waals surface area contributed by atoms with Crippen LogP contribution in [0.3, 0.4) is 0 Å². The Balaban J connectivity index is 1.92. The van der Waals surface area contributed by atoms with Crippen molar-refractivity contribution in [1.29, 1.82) is 0 Å². The van der Waals surface area contributed by atoms with E-state index in [1.807, 2.05) is 36.7 Å². The first-order chi connectivity index (χ1) is 12.3. The molecule has 0 bridgehead atoms. The van der Waals surface area contributed by atoms with E-state index in [0.717, 1.165) is 28.2 Å². The van der Waals surface area contributed by atoms with Gasteiger partial charge in [0.05, 0.1) is 24.2 Å². The molecule has 0 saturated heterocycles. The highest BCUT2D eigenvalue weighted by atomic mass is 16.4. The van der Waals surface area contributed by atoms with Gasteiger partial charge in [-0.1, -0.05) is 12.1 Å². The van der Waals surface area contributed by atoms with Crippen LogP contribution in [0.4, 0.5) is 11.7 Å². The Bertz CT molecular complexity index is 1040. The molecule has 114 valence electrons. The number of aromatic nitrogens is 2. The molecule has 0 fully saturated rings. The first kappa shape index (κ1) is 11.1. The summed E-state index contributed by atoms with van der Waals surface area (Å²) in [4.78, 5) is 6.39. The summed E-state index contributed by atoms with van der Waals surface area (Å²) >= 11 is 0. The number of nitrogens with zero attached hydrogens (tertiary/aromatic N) is 3. The molecule has 3 aromatic heterocycles. The van der Waals surface area contributed by atoms with Gasteiger partial charge in [0, 0.05) is 16.4 Å². The maximum atomic E-state index is 7.72. The predicted octanol–water partition coefficient (Wildman–Crippen LogP) is 3.59. The summed E-state index contributed by atoms with van der Waals surface area (Å²) in [7, 11) is 1.86. The molecule has 4 heterocycles. The predicted molar refractivity (Wildman–Crippen MR) is 93.9 cm³/mol. The minimum atomic E-state index is -2.14. The maximum absolute atomic E-state index is 7.72. The summed E-state index contributed by atoms with van der Waals surface area (Å²) in [6, 6.07) is 5.79. The SMILES string of the molecule is [2H]C([2H])([2H])c1c[n+](C)c(N2B(C)C=Cc3c2oc2ncccc32)cc1C. The second-order valence-electron chi connectivity index (χ2n) is 5.99. The number of pyridine rings is 2. The Kier molecular flexibility index (Phi) is 2.39. The Labute approximate surface area is 140 Å². The van der Waals surface area contributed by atoms with Gasteiger partial charge in [-0.3, -0.25) is 4.81 Å². The van der Waals surface area contributed by atoms with Crippen LogP contribution in [0.5, 0.6) is 0 Å². The number of hydrogen-bond acceptors (Lipinski definition) is 3. The lowest BCUT2D eigenvalue weighted by atomic mass is 9.61. The highest BCUT2D eigenvalue weighted by Crippen LogP contribution is 2.39. The number of hydrogen-bond donors (Lipinski definition) is 0. The van der Waals surface area contributed by atoms with Crippen LogP contribution in [-0.2, 0) is 7.05 Å². The van der Waals surface area contributed by atoms with Gasteiger partial charge < -0.3 is 4.42 Å². The molecule has 0 spiro atoms. The fraction of sp³-hybridized carbons (Fsp3) is 0.222. The molecule has 1 aliphatic rings. The van der Waals surface area contributed by atoms with Crippen LogP contribution >= 0.6 is 0 Å². The van der Waals surface area contributed by atoms with Gasteiger partial charge in [-0.05, 0) is 43.9 Å². The monoisotopic (exact) mass is 307 g/mol. The van der Waals surface area contributed by atoms with E-state index < -0.39 is 6.85 Å². The van der Waals surface area contributed by atoms with E-state index in [-0.39, 0.29) is 6.85 Å². The van der Waals surface area contributed by atoms with E-state index >= 15 is 0 Å². The summed E-state index contributed by atoms with van der Waals surface area (Å²) in [6.07, 6.45) is 5.46. The molecule has 0 aliphatic carbocycles. The zero-order valence-corrected chi connectivity index (χ0v) is 13.4. The lowest BCUT2D eigenvalue weighted by Crippen LogP contribution is -2.43. The minimum Gasteiger partial charge on any atom is -0.404 e. The zero-order chi connectivity index (χ0) is 18.6. The van der Waals surface area contributed by atoms with E-state index in [0.29, 0.717) is 11.3 Å². The van der Waals surface area contributed by atoms with E-state index in [4.69, 9.17) is 8.53 Å². The third kappa shape index (κ3) is 2.07. The highest BCUT2D eigenvalue weighted by Gasteiger charge is 2.37. The molecule has 0 saturated carbocycles. The van der Waals surface area contributed by atoms with Crippen LogP contribution in [-0.4, -0.2) is 11.8 Å². The van der Waals surface area contributed by atoms with Crippen LogP contribution in [0.2, 0.25) is 6.82 Å². The second kappa shape index (κ2) is 4.98. The van der Waals surface area contributed by atoms with Gasteiger partial charge in [-0.25, -0.2) is 9.55 Å². The fourth-order valence-electron chi connectivity index (χ4n) is 3.07. The maximum Gasteiger partial charge on any atom is 0.405 e. The number of furan rings is 1. The van der Waals surface area contributed by atoms with Crippen LogP contribution in [0.1, 0.15) is 20.8 Å². The molecule has 1 aliphatic heterocycles. The standard InChI is InChI=1S/C18H19BN3O/c1-12-10-16(21(4)11-13(12)2)22-18-15(7-8-19(22)3)14-6-5-9-20-17(14)23-18/h5-11H,1-4H3/q+1/i2D3. The molecule has 5 heteroatoms. The minimum absolute atomic E-state index is 0.0623. The Hall–Kier alpha value is -2.56. The molecule has 4 rings (SSSR count). The molecular formula is C18H19BN3O+. The number of rotatable bonds is 1. The van der Waals surface area contributed by atoms with Crippen LogP contribution < -0.4 is 9.38 Å². The summed E-state index contributed by atoms with van der Waals surface area (Å²) in [5.74, 6) is 3.70. The fourth-order valence-corrected chi connectivity index (χ4v) is 3.07. The first-order valence-corrected chi connectivity index (χ1v) is 7.63. The van der Waals surface area contributed by atoms with Crippen molar-refractivity contribution in [3.63, 3.8) is 0 Å². The van der Waals surface area contributed by atoms with Gasteiger partial charge in [-0.15, -0.1) is 0 Å². The quantitative estimate of drug-likeness (QED) is 0.509. The Morgan fingerprint density at radius 1 is 1.39 bits per heavy atom. The van der Waals surface area contributed by atoms with Crippen molar-refractivity contribution in [1.82, 2.24) is 4.98 Å². The second-order valence-corrected chi connectivity index (χ2v) is 5.99. The molecule has 0 radical (unpaired) electrons. The molecule has 0 atom stereocenters. The Morgan fingerprint density at radius 2 is 2.26 bits per heavy atom. The van der Waals surface area contributed by atoms with Gasteiger partial charge in [-0.2, -0.15) is 0 Å². The van der Waals surface area contributed by atoms with Crippen molar-refractivity contribution < 1.29 is 13.1 Å². The van der Waals surface area contributed by atoms with Gasteiger partial charge in [0.15, 0.2) is 0 Å².